The molecule has 0 aliphatic carbocycles. The third-order valence-electron chi connectivity index (χ3n) is 6.56. The van der Waals surface area contributed by atoms with E-state index in [1.165, 1.54) is 6.20 Å². The molecule has 38 heavy (non-hydrogen) atoms. The fraction of sp³-hybridized carbons (Fsp3) is 0.185. The second kappa shape index (κ2) is 9.70. The number of halogens is 1. The molecule has 0 atom stereocenters. The molecule has 3 N–H and O–H groups in total. The van der Waals surface area contributed by atoms with E-state index >= 15 is 0 Å². The topological polar surface area (TPSA) is 108 Å². The molecule has 0 amide bonds. The van der Waals surface area contributed by atoms with Crippen molar-refractivity contribution in [3.05, 3.63) is 83.0 Å². The molecule has 0 saturated carbocycles. The zero-order valence-electron chi connectivity index (χ0n) is 20.5. The molecule has 6 rings (SSSR count). The van der Waals surface area contributed by atoms with E-state index in [0.717, 1.165) is 34.7 Å². The Morgan fingerprint density at radius 3 is 2.79 bits per heavy atom. The molecule has 0 unspecified atom stereocenters. The average molecular weight is 549 g/mol. The normalized spacial score (nSPS) is 14.4. The van der Waals surface area contributed by atoms with Gasteiger partial charge in [-0.15, -0.1) is 0 Å². The molecule has 6 bridgehead atoms. The molecular formula is C27H25ClN6O3S. The third kappa shape index (κ3) is 4.92. The van der Waals surface area contributed by atoms with Crippen LogP contribution in [0.25, 0.3) is 0 Å². The maximum Gasteiger partial charge on any atom is 0.262 e. The van der Waals surface area contributed by atoms with Crippen LogP contribution in [0, 0.1) is 0 Å². The molecule has 194 valence electrons. The van der Waals surface area contributed by atoms with Crippen molar-refractivity contribution < 1.29 is 13.2 Å². The van der Waals surface area contributed by atoms with Crippen molar-refractivity contribution in [1.29, 1.82) is 0 Å². The van der Waals surface area contributed by atoms with Crippen LogP contribution in [0.2, 0.25) is 5.02 Å². The van der Waals surface area contributed by atoms with Gasteiger partial charge in [0.15, 0.2) is 5.82 Å². The van der Waals surface area contributed by atoms with Crippen LogP contribution in [0.4, 0.5) is 34.5 Å². The number of aromatic nitrogens is 2. The number of ether oxygens (including phenoxy) is 1. The van der Waals surface area contributed by atoms with Gasteiger partial charge in [0, 0.05) is 24.5 Å². The van der Waals surface area contributed by atoms with Gasteiger partial charge in [-0.1, -0.05) is 23.7 Å². The molecule has 11 heteroatoms. The highest BCUT2D eigenvalue weighted by Crippen LogP contribution is 2.34. The number of hydrogen-bond acceptors (Lipinski definition) is 8. The molecule has 1 aromatic heterocycles. The van der Waals surface area contributed by atoms with Crippen LogP contribution in [0.15, 0.2) is 71.8 Å². The third-order valence-corrected chi connectivity index (χ3v) is 8.20. The van der Waals surface area contributed by atoms with Crippen LogP contribution in [0.5, 0.6) is 5.75 Å². The van der Waals surface area contributed by atoms with Crippen molar-refractivity contribution in [2.24, 2.45) is 0 Å². The molecule has 3 aromatic carbocycles. The Morgan fingerprint density at radius 1 is 1.03 bits per heavy atom. The number of fused-ring (bicyclic) bond motifs is 7. The van der Waals surface area contributed by atoms with Crippen LogP contribution < -0.4 is 25.0 Å². The van der Waals surface area contributed by atoms with E-state index in [4.69, 9.17) is 16.3 Å². The number of sulfonamides is 1. The fourth-order valence-electron chi connectivity index (χ4n) is 4.55. The molecule has 0 saturated heterocycles. The van der Waals surface area contributed by atoms with Crippen LogP contribution in [-0.2, 0) is 22.9 Å². The fourth-order valence-corrected chi connectivity index (χ4v) is 5.81. The molecule has 2 aliphatic rings. The maximum atomic E-state index is 13.4. The lowest BCUT2D eigenvalue weighted by atomic mass is 10.0. The highest BCUT2D eigenvalue weighted by molar-refractivity contribution is 7.92. The number of nitrogens with zero attached hydrogens (tertiary/aromatic N) is 3. The van der Waals surface area contributed by atoms with Crippen molar-refractivity contribution in [2.45, 2.75) is 17.7 Å². The SMILES string of the molecule is CN1CCOc2cc(S(=O)(=O)Nc3ccc4cc3CCc3cccc(c3)Nc3ncc(Cl)c(n3)N4)ccc21. The minimum atomic E-state index is -3.87. The first-order chi connectivity index (χ1) is 18.3. The van der Waals surface area contributed by atoms with E-state index in [2.05, 4.69) is 25.3 Å². The van der Waals surface area contributed by atoms with Crippen LogP contribution >= 0.6 is 11.6 Å². The summed E-state index contributed by atoms with van der Waals surface area (Å²) in [6.45, 7) is 1.26. The van der Waals surface area contributed by atoms with Gasteiger partial charge in [-0.3, -0.25) is 4.72 Å². The first-order valence-electron chi connectivity index (χ1n) is 12.1. The van der Waals surface area contributed by atoms with Crippen molar-refractivity contribution >= 4 is 56.1 Å². The van der Waals surface area contributed by atoms with E-state index in [0.29, 0.717) is 47.7 Å². The van der Waals surface area contributed by atoms with Gasteiger partial charge in [-0.25, -0.2) is 13.4 Å². The number of benzene rings is 3. The second-order valence-electron chi connectivity index (χ2n) is 9.22. The minimum absolute atomic E-state index is 0.143. The Morgan fingerprint density at radius 2 is 1.89 bits per heavy atom. The van der Waals surface area contributed by atoms with Gasteiger partial charge in [0.25, 0.3) is 10.0 Å². The van der Waals surface area contributed by atoms with Crippen LogP contribution in [-0.4, -0.2) is 38.6 Å². The summed E-state index contributed by atoms with van der Waals surface area (Å²) < 4.78 is 35.4. The summed E-state index contributed by atoms with van der Waals surface area (Å²) >= 11 is 6.36. The second-order valence-corrected chi connectivity index (χ2v) is 11.3. The van der Waals surface area contributed by atoms with E-state index in [9.17, 15) is 8.42 Å². The molecule has 2 aliphatic heterocycles. The zero-order valence-corrected chi connectivity index (χ0v) is 22.1. The number of nitrogens with one attached hydrogen (secondary N) is 3. The summed E-state index contributed by atoms with van der Waals surface area (Å²) in [4.78, 5) is 11.0. The van der Waals surface area contributed by atoms with Crippen molar-refractivity contribution in [1.82, 2.24) is 9.97 Å². The molecule has 9 nitrogen and oxygen atoms in total. The monoisotopic (exact) mass is 548 g/mol. The highest BCUT2D eigenvalue weighted by Gasteiger charge is 2.22. The van der Waals surface area contributed by atoms with Gasteiger partial charge in [-0.2, -0.15) is 4.98 Å². The van der Waals surface area contributed by atoms with E-state index < -0.39 is 10.0 Å². The molecule has 0 fully saturated rings. The predicted molar refractivity (Wildman–Crippen MR) is 150 cm³/mol. The number of rotatable bonds is 3. The number of aryl methyl sites for hydroxylation is 2. The van der Waals surface area contributed by atoms with Gasteiger partial charge < -0.3 is 20.3 Å². The number of hydrogen-bond donors (Lipinski definition) is 3. The maximum absolute atomic E-state index is 13.4. The summed E-state index contributed by atoms with van der Waals surface area (Å²) in [5.74, 6) is 1.41. The number of anilines is 6. The Kier molecular flexibility index (Phi) is 6.21. The van der Waals surface area contributed by atoms with Crippen molar-refractivity contribution in [3.8, 4) is 5.75 Å². The zero-order chi connectivity index (χ0) is 26.3. The summed E-state index contributed by atoms with van der Waals surface area (Å²) in [5, 5.41) is 6.82. The summed E-state index contributed by atoms with van der Waals surface area (Å²) in [5.41, 5.74) is 4.87. The molecule has 3 heterocycles. The van der Waals surface area contributed by atoms with Gasteiger partial charge in [-0.05, 0) is 66.4 Å². The lowest BCUT2D eigenvalue weighted by Gasteiger charge is -2.28. The Hall–Kier alpha value is -4.02. The Bertz CT molecular complexity index is 1650. The van der Waals surface area contributed by atoms with E-state index in [-0.39, 0.29) is 4.90 Å². The molecule has 0 radical (unpaired) electrons. The summed E-state index contributed by atoms with van der Waals surface area (Å²) in [6.07, 6.45) is 2.84. The minimum Gasteiger partial charge on any atom is -0.490 e. The van der Waals surface area contributed by atoms with Gasteiger partial charge in [0.2, 0.25) is 5.95 Å². The summed E-state index contributed by atoms with van der Waals surface area (Å²) in [6, 6.07) is 18.4. The predicted octanol–water partition coefficient (Wildman–Crippen LogP) is 5.35. The molecule has 4 aromatic rings. The first kappa shape index (κ1) is 24.3. The van der Waals surface area contributed by atoms with E-state index in [1.807, 2.05) is 42.3 Å². The van der Waals surface area contributed by atoms with Gasteiger partial charge in [0.05, 0.1) is 29.0 Å². The van der Waals surface area contributed by atoms with Gasteiger partial charge >= 0.3 is 0 Å². The quantitative estimate of drug-likeness (QED) is 0.314. The number of likely N-dealkylation sites (N-methyl/N-ethyl adjacent to an activating group) is 1. The van der Waals surface area contributed by atoms with Gasteiger partial charge in [0.1, 0.15) is 17.4 Å². The average Bonchev–Trinajstić information content (AvgIpc) is 2.91. The van der Waals surface area contributed by atoms with Crippen molar-refractivity contribution in [3.63, 3.8) is 0 Å². The smallest absolute Gasteiger partial charge is 0.262 e. The standard InChI is InChI=1S/C27H25ClN6O3S/c1-34-11-12-37-25-15-21(8-10-24(25)34)38(35,36)33-23-9-7-20-14-18(23)6-5-17-3-2-4-19(13-17)31-27-29-16-22(28)26(30-20)32-27/h2-4,7-10,13-16,33H,5-6,11-12H2,1H3,(H2,29,30,31,32). The Labute approximate surface area is 225 Å². The largest absolute Gasteiger partial charge is 0.490 e. The lowest BCUT2D eigenvalue weighted by molar-refractivity contribution is 0.310. The highest BCUT2D eigenvalue weighted by atomic mass is 35.5. The van der Waals surface area contributed by atoms with Crippen LogP contribution in [0.3, 0.4) is 0 Å². The summed E-state index contributed by atoms with van der Waals surface area (Å²) in [7, 11) is -1.91. The Balaban J connectivity index is 1.36. The molecular weight excluding hydrogens is 524 g/mol. The van der Waals surface area contributed by atoms with Crippen molar-refractivity contribution in [2.75, 3.05) is 40.5 Å². The first-order valence-corrected chi connectivity index (χ1v) is 14.0. The van der Waals surface area contributed by atoms with E-state index in [1.54, 1.807) is 30.3 Å². The van der Waals surface area contributed by atoms with Crippen LogP contribution in [0.1, 0.15) is 11.1 Å². The molecule has 0 spiro atoms. The lowest BCUT2D eigenvalue weighted by Crippen LogP contribution is -2.29.